The Balaban J connectivity index is 0.646. The molecule has 3 aromatic carbocycles. The van der Waals surface area contributed by atoms with Crippen LogP contribution in [-0.2, 0) is 15.8 Å². The van der Waals surface area contributed by atoms with E-state index in [4.69, 9.17) is 27.1 Å². The third-order valence-electron chi connectivity index (χ3n) is 17.9. The normalized spacial score (nSPS) is 25.3. The maximum atomic E-state index is 16.8. The molecule has 4 N–H and O–H groups in total. The molecule has 7 fully saturated rings. The zero-order valence-electron chi connectivity index (χ0n) is 40.4. The molecule has 0 radical (unpaired) electrons. The molecular formula is C54H57ClF4N10O4. The lowest BCUT2D eigenvalue weighted by molar-refractivity contribution is -0.137. The van der Waals surface area contributed by atoms with Crippen molar-refractivity contribution in [3.05, 3.63) is 76.2 Å². The van der Waals surface area contributed by atoms with Crippen LogP contribution in [0.3, 0.4) is 0 Å². The van der Waals surface area contributed by atoms with Crippen LogP contribution in [-0.4, -0.2) is 119 Å². The fourth-order valence-corrected chi connectivity index (χ4v) is 14.1. The number of hydrogen-bond donors (Lipinski definition) is 3. The van der Waals surface area contributed by atoms with E-state index in [0.29, 0.717) is 60.3 Å². The molecule has 3 atom stereocenters. The molecule has 19 heteroatoms. The van der Waals surface area contributed by atoms with Crippen LogP contribution in [0.4, 0.5) is 34.8 Å². The standard InChI is InChI=1S/C54H57ClF4N10O4/c55-39-21-30(60)20-37(44(39)54(57,58)59)46-45(56)47-38(24-61-46)48(68-25-31-4-5-32(26-68)62-31)65-51(64-47)73-28-53(12-13-53)27-66-18-14-52(15-19-66)22-33(23-52)67-16-10-29(11-17-67)34-6-7-40-43-35(34)2-1-3-36(43)50(72)69(40)41-8-9-42(70)63-49(41)71/h1-3,6-7,20-21,24,29,31-33,41,62H,4-5,8-19,22-23,25-28,60H2,(H,63,70,71). The number of amides is 3. The molecule has 73 heavy (non-hydrogen) atoms. The molecular weight excluding hydrogens is 964 g/mol. The van der Waals surface area contributed by atoms with Gasteiger partial charge in [-0.05, 0) is 143 Å². The number of fused-ring (bicyclic) bond motifs is 3. The second-order valence-corrected chi connectivity index (χ2v) is 22.9. The first-order valence-corrected chi connectivity index (χ1v) is 26.4. The van der Waals surface area contributed by atoms with Crippen molar-refractivity contribution in [1.29, 1.82) is 0 Å². The highest BCUT2D eigenvalue weighted by Gasteiger charge is 2.51. The van der Waals surface area contributed by atoms with Gasteiger partial charge in [0.15, 0.2) is 5.82 Å². The maximum Gasteiger partial charge on any atom is 0.418 e. The Labute approximate surface area is 424 Å². The van der Waals surface area contributed by atoms with Gasteiger partial charge in [0, 0.05) is 78.0 Å². The van der Waals surface area contributed by atoms with Crippen molar-refractivity contribution in [2.24, 2.45) is 10.8 Å². The van der Waals surface area contributed by atoms with Crippen molar-refractivity contribution in [2.45, 2.75) is 113 Å². The number of pyridine rings is 1. The van der Waals surface area contributed by atoms with Crippen LogP contribution in [0.2, 0.25) is 5.02 Å². The Morgan fingerprint density at radius 3 is 2.34 bits per heavy atom. The molecule has 8 heterocycles. The number of imide groups is 1. The zero-order valence-corrected chi connectivity index (χ0v) is 41.1. The van der Waals surface area contributed by atoms with Crippen LogP contribution in [0, 0.1) is 16.6 Å². The number of nitrogens with zero attached hydrogens (tertiary/aromatic N) is 7. The first kappa shape index (κ1) is 47.1. The smallest absolute Gasteiger partial charge is 0.418 e. The number of piperidine rings is 3. The molecule has 1 spiro atoms. The summed E-state index contributed by atoms with van der Waals surface area (Å²) in [5, 5.41) is 7.66. The lowest BCUT2D eigenvalue weighted by Crippen LogP contribution is -2.56. The van der Waals surface area contributed by atoms with Crippen molar-refractivity contribution in [2.75, 3.05) is 68.0 Å². The van der Waals surface area contributed by atoms with Gasteiger partial charge in [-0.3, -0.25) is 29.6 Å². The number of aromatic nitrogens is 3. The van der Waals surface area contributed by atoms with Crippen molar-refractivity contribution < 1.29 is 36.7 Å². The van der Waals surface area contributed by atoms with Gasteiger partial charge in [-0.2, -0.15) is 23.1 Å². The molecule has 3 unspecified atom stereocenters. The fourth-order valence-electron chi connectivity index (χ4n) is 13.8. The SMILES string of the molecule is Nc1cc(Cl)c(C(F)(F)F)c(-c2ncc3c(N4CC5CCC(C4)N5)nc(OCC4(CN5CCC6(CC5)CC(N5CCC(c7ccc8c9c(cccc79)C(=O)N8C7CCC(=O)NC7=O)CC5)C6)CC4)nc3c2F)c1. The lowest BCUT2D eigenvalue weighted by Gasteiger charge is -2.56. The number of nitrogens with two attached hydrogens (primary N) is 1. The zero-order chi connectivity index (χ0) is 50.1. The molecule has 5 aromatic rings. The number of rotatable bonds is 10. The lowest BCUT2D eigenvalue weighted by atomic mass is 9.59. The Hall–Kier alpha value is -5.69. The largest absolute Gasteiger partial charge is 0.463 e. The molecule has 382 valence electrons. The first-order valence-electron chi connectivity index (χ1n) is 26.0. The molecule has 14 nitrogen and oxygen atoms in total. The number of alkyl halides is 3. The van der Waals surface area contributed by atoms with E-state index >= 15 is 4.39 Å². The van der Waals surface area contributed by atoms with E-state index in [0.717, 1.165) is 113 Å². The van der Waals surface area contributed by atoms with Gasteiger partial charge < -0.3 is 30.5 Å². The number of carbonyl (C=O) groups excluding carboxylic acids is 3. The predicted octanol–water partition coefficient (Wildman–Crippen LogP) is 8.23. The Morgan fingerprint density at radius 2 is 1.63 bits per heavy atom. The molecule has 13 rings (SSSR count). The van der Waals surface area contributed by atoms with Crippen molar-refractivity contribution in [1.82, 2.24) is 35.4 Å². The third-order valence-corrected chi connectivity index (χ3v) is 18.2. The summed E-state index contributed by atoms with van der Waals surface area (Å²) in [7, 11) is 0. The summed E-state index contributed by atoms with van der Waals surface area (Å²) in [5.74, 6) is -1.11. The van der Waals surface area contributed by atoms with E-state index < -0.39 is 45.8 Å². The summed E-state index contributed by atoms with van der Waals surface area (Å²) in [6.45, 7) is 6.57. The van der Waals surface area contributed by atoms with Crippen LogP contribution in [0.25, 0.3) is 32.9 Å². The fraction of sp³-hybridized carbons (Fsp3) is 0.519. The summed E-state index contributed by atoms with van der Waals surface area (Å²) in [6.07, 6.45) is 7.75. The summed E-state index contributed by atoms with van der Waals surface area (Å²) >= 11 is 6.08. The summed E-state index contributed by atoms with van der Waals surface area (Å²) < 4.78 is 66.3. The molecule has 2 aromatic heterocycles. The number of nitrogen functional groups attached to an aromatic ring is 1. The monoisotopic (exact) mass is 1020 g/mol. The number of likely N-dealkylation sites (tertiary alicyclic amines) is 2. The summed E-state index contributed by atoms with van der Waals surface area (Å²) in [4.78, 5) is 61.1. The first-order chi connectivity index (χ1) is 35.1. The van der Waals surface area contributed by atoms with Crippen molar-refractivity contribution in [3.8, 4) is 17.3 Å². The molecule has 2 bridgehead atoms. The molecule has 3 amide bonds. The number of carbonyl (C=O) groups is 3. The van der Waals surface area contributed by atoms with E-state index in [2.05, 4.69) is 47.4 Å². The van der Waals surface area contributed by atoms with Crippen LogP contribution in [0.15, 0.2) is 48.7 Å². The number of piperazine rings is 1. The third kappa shape index (κ3) is 8.25. The van der Waals surface area contributed by atoms with Gasteiger partial charge in [-0.25, -0.2) is 4.39 Å². The van der Waals surface area contributed by atoms with Gasteiger partial charge >= 0.3 is 12.2 Å². The van der Waals surface area contributed by atoms with Crippen molar-refractivity contribution in [3.63, 3.8) is 0 Å². The van der Waals surface area contributed by atoms with Gasteiger partial charge in [0.25, 0.3) is 5.91 Å². The minimum Gasteiger partial charge on any atom is -0.463 e. The van der Waals surface area contributed by atoms with Crippen LogP contribution in [0.1, 0.15) is 104 Å². The minimum absolute atomic E-state index is 0.0145. The molecule has 2 saturated carbocycles. The second kappa shape index (κ2) is 17.5. The number of ether oxygens (including phenoxy) is 1. The Bertz CT molecular complexity index is 3100. The number of nitrogens with one attached hydrogen (secondary N) is 2. The second-order valence-electron chi connectivity index (χ2n) is 22.5. The quantitative estimate of drug-likeness (QED) is 0.0700. The topological polar surface area (TPSA) is 162 Å². The number of halogens is 5. The molecule has 5 saturated heterocycles. The van der Waals surface area contributed by atoms with Crippen LogP contribution in [0.5, 0.6) is 6.01 Å². The molecule has 6 aliphatic heterocycles. The Kier molecular flexibility index (Phi) is 11.2. The van der Waals surface area contributed by atoms with Gasteiger partial charge in [-0.1, -0.05) is 29.8 Å². The van der Waals surface area contributed by atoms with E-state index in [9.17, 15) is 27.6 Å². The van der Waals surface area contributed by atoms with Gasteiger partial charge in [0.2, 0.25) is 11.8 Å². The van der Waals surface area contributed by atoms with Crippen LogP contribution >= 0.6 is 11.6 Å². The van der Waals surface area contributed by atoms with Gasteiger partial charge in [0.05, 0.1) is 28.3 Å². The van der Waals surface area contributed by atoms with E-state index in [-0.39, 0.29) is 52.9 Å². The maximum absolute atomic E-state index is 16.8. The molecule has 2 aliphatic carbocycles. The number of benzene rings is 3. The number of hydrogen-bond acceptors (Lipinski definition) is 12. The van der Waals surface area contributed by atoms with Crippen LogP contribution < -0.4 is 30.9 Å². The highest BCUT2D eigenvalue weighted by molar-refractivity contribution is 6.32. The number of anilines is 3. The van der Waals surface area contributed by atoms with E-state index in [1.807, 2.05) is 18.2 Å². The van der Waals surface area contributed by atoms with Gasteiger partial charge in [-0.15, -0.1) is 0 Å². The molecule has 8 aliphatic rings. The average molecular weight is 1020 g/mol. The minimum atomic E-state index is -4.90. The summed E-state index contributed by atoms with van der Waals surface area (Å²) in [5.41, 5.74) is 6.27. The van der Waals surface area contributed by atoms with Gasteiger partial charge in [0.1, 0.15) is 23.1 Å². The summed E-state index contributed by atoms with van der Waals surface area (Å²) in [6, 6.07) is 12.4. The Morgan fingerprint density at radius 1 is 0.877 bits per heavy atom. The predicted molar refractivity (Wildman–Crippen MR) is 268 cm³/mol. The van der Waals surface area contributed by atoms with E-state index in [1.165, 1.54) is 24.6 Å². The van der Waals surface area contributed by atoms with E-state index in [1.54, 1.807) is 4.90 Å². The highest BCUT2D eigenvalue weighted by atomic mass is 35.5. The van der Waals surface area contributed by atoms with Crippen molar-refractivity contribution >= 4 is 68.2 Å². The average Bonchev–Trinajstić information content (AvgIpc) is 3.95. The highest BCUT2D eigenvalue weighted by Crippen LogP contribution is 2.54.